The van der Waals surface area contributed by atoms with Gasteiger partial charge in [0.05, 0.1) is 0 Å². The fraction of sp³-hybridized carbons (Fsp3) is 0.208. The molecule has 3 rings (SSSR count). The lowest BCUT2D eigenvalue weighted by molar-refractivity contribution is -0.152. The third-order valence-electron chi connectivity index (χ3n) is 4.59. The van der Waals surface area contributed by atoms with Gasteiger partial charge in [0.15, 0.2) is 11.4 Å². The quantitative estimate of drug-likeness (QED) is 0.564. The molecule has 1 aromatic heterocycles. The number of carbonyl (C=O) groups excluding carboxylic acids is 1. The minimum atomic E-state index is -1.32. The molecular formula is C24H24N2O4. The molecule has 30 heavy (non-hydrogen) atoms. The van der Waals surface area contributed by atoms with E-state index in [9.17, 15) is 14.7 Å². The zero-order chi connectivity index (χ0) is 21.7. The molecule has 6 heteroatoms. The number of rotatable bonds is 8. The summed E-state index contributed by atoms with van der Waals surface area (Å²) in [6, 6.07) is 14.6. The Kier molecular flexibility index (Phi) is 6.16. The van der Waals surface area contributed by atoms with Crippen LogP contribution in [0.3, 0.4) is 0 Å². The van der Waals surface area contributed by atoms with Crippen molar-refractivity contribution in [3.63, 3.8) is 0 Å². The molecule has 1 N–H and O–H groups in total. The van der Waals surface area contributed by atoms with Crippen LogP contribution in [0.25, 0.3) is 6.08 Å². The van der Waals surface area contributed by atoms with Crippen molar-refractivity contribution >= 4 is 17.8 Å². The number of ether oxygens (including phenoxy) is 1. The van der Waals surface area contributed by atoms with Crippen LogP contribution in [0, 0.1) is 6.92 Å². The van der Waals surface area contributed by atoms with Gasteiger partial charge in [-0.25, -0.2) is 9.78 Å². The first-order valence-electron chi connectivity index (χ1n) is 9.58. The summed E-state index contributed by atoms with van der Waals surface area (Å²) in [7, 11) is 0. The van der Waals surface area contributed by atoms with Crippen molar-refractivity contribution in [2.45, 2.75) is 32.9 Å². The Balaban J connectivity index is 1.70. The lowest BCUT2D eigenvalue weighted by Crippen LogP contribution is -2.37. The summed E-state index contributed by atoms with van der Waals surface area (Å²) in [4.78, 5) is 28.2. The van der Waals surface area contributed by atoms with E-state index in [1.165, 1.54) is 13.8 Å². The zero-order valence-electron chi connectivity index (χ0n) is 17.2. The first-order chi connectivity index (χ1) is 14.3. The van der Waals surface area contributed by atoms with Crippen LogP contribution in [0.1, 0.15) is 41.2 Å². The highest BCUT2D eigenvalue weighted by Gasteiger charge is 2.29. The fourth-order valence-electron chi connectivity index (χ4n) is 2.82. The first kappa shape index (κ1) is 21.0. The van der Waals surface area contributed by atoms with E-state index in [4.69, 9.17) is 4.74 Å². The molecule has 6 nitrogen and oxygen atoms in total. The molecule has 0 radical (unpaired) electrons. The maximum Gasteiger partial charge on any atom is 0.347 e. The van der Waals surface area contributed by atoms with E-state index in [0.717, 1.165) is 11.1 Å². The summed E-state index contributed by atoms with van der Waals surface area (Å²) in [6.07, 6.45) is 7.17. The van der Waals surface area contributed by atoms with Crippen LogP contribution in [0.5, 0.6) is 5.75 Å². The number of nitrogens with zero attached hydrogens (tertiary/aromatic N) is 2. The molecule has 0 spiro atoms. The second-order valence-corrected chi connectivity index (χ2v) is 7.49. The summed E-state index contributed by atoms with van der Waals surface area (Å²) < 4.78 is 7.36. The molecule has 0 saturated heterocycles. The minimum Gasteiger partial charge on any atom is -0.478 e. The summed E-state index contributed by atoms with van der Waals surface area (Å²) in [5, 5.41) is 9.21. The molecule has 0 amide bonds. The number of ketones is 1. The van der Waals surface area contributed by atoms with Crippen LogP contribution in [0.4, 0.5) is 0 Å². The molecule has 0 saturated carbocycles. The van der Waals surface area contributed by atoms with Gasteiger partial charge in [0.2, 0.25) is 5.78 Å². The second-order valence-electron chi connectivity index (χ2n) is 7.49. The van der Waals surface area contributed by atoms with Gasteiger partial charge >= 0.3 is 5.97 Å². The normalized spacial score (nSPS) is 11.6. The number of carboxylic acid groups (broad SMARTS) is 1. The Labute approximate surface area is 175 Å². The van der Waals surface area contributed by atoms with Gasteiger partial charge in [-0.1, -0.05) is 54.1 Å². The number of aromatic nitrogens is 2. The third-order valence-corrected chi connectivity index (χ3v) is 4.59. The van der Waals surface area contributed by atoms with Gasteiger partial charge in [0, 0.05) is 24.5 Å². The molecule has 3 aromatic rings. The highest BCUT2D eigenvalue weighted by Crippen LogP contribution is 2.21. The SMILES string of the molecule is Cc1ccc(C(=O)c2nccn2C/C=C/c2cccc(OC(C)(C)C(=O)O)c2)cc1. The minimum absolute atomic E-state index is 0.125. The molecule has 0 aliphatic carbocycles. The van der Waals surface area contributed by atoms with Crippen molar-refractivity contribution in [3.05, 3.63) is 89.5 Å². The monoisotopic (exact) mass is 404 g/mol. The molecule has 2 aromatic carbocycles. The summed E-state index contributed by atoms with van der Waals surface area (Å²) in [5.41, 5.74) is 1.24. The van der Waals surface area contributed by atoms with Crippen LogP contribution in [0.15, 0.2) is 67.0 Å². The lowest BCUT2D eigenvalue weighted by atomic mass is 10.1. The lowest BCUT2D eigenvalue weighted by Gasteiger charge is -2.21. The number of benzene rings is 2. The largest absolute Gasteiger partial charge is 0.478 e. The van der Waals surface area contributed by atoms with E-state index < -0.39 is 11.6 Å². The van der Waals surface area contributed by atoms with Crippen molar-refractivity contribution in [2.75, 3.05) is 0 Å². The zero-order valence-corrected chi connectivity index (χ0v) is 17.2. The summed E-state index contributed by atoms with van der Waals surface area (Å²) in [6.45, 7) is 5.45. The number of aryl methyl sites for hydroxylation is 1. The fourth-order valence-corrected chi connectivity index (χ4v) is 2.82. The summed E-state index contributed by atoms with van der Waals surface area (Å²) >= 11 is 0. The maximum atomic E-state index is 12.7. The molecule has 0 bridgehead atoms. The van der Waals surface area contributed by atoms with E-state index in [-0.39, 0.29) is 5.78 Å². The van der Waals surface area contributed by atoms with E-state index in [2.05, 4.69) is 4.98 Å². The Morgan fingerprint density at radius 3 is 2.60 bits per heavy atom. The topological polar surface area (TPSA) is 81.4 Å². The first-order valence-corrected chi connectivity index (χ1v) is 9.58. The molecule has 1 heterocycles. The van der Waals surface area contributed by atoms with Gasteiger partial charge in [-0.05, 0) is 38.5 Å². The smallest absolute Gasteiger partial charge is 0.347 e. The Hall–Kier alpha value is -3.67. The number of imidazole rings is 1. The predicted octanol–water partition coefficient (Wildman–Crippen LogP) is 4.38. The molecule has 154 valence electrons. The molecular weight excluding hydrogens is 380 g/mol. The molecule has 0 atom stereocenters. The number of hydrogen-bond donors (Lipinski definition) is 1. The van der Waals surface area contributed by atoms with E-state index in [1.54, 1.807) is 47.3 Å². The van der Waals surface area contributed by atoms with E-state index >= 15 is 0 Å². The van der Waals surface area contributed by atoms with Gasteiger partial charge in [-0.2, -0.15) is 0 Å². The summed E-state index contributed by atoms with van der Waals surface area (Å²) in [5.74, 6) is -0.305. The predicted molar refractivity (Wildman–Crippen MR) is 115 cm³/mol. The van der Waals surface area contributed by atoms with Crippen LogP contribution >= 0.6 is 0 Å². The van der Waals surface area contributed by atoms with Gasteiger partial charge in [-0.15, -0.1) is 0 Å². The second kappa shape index (κ2) is 8.78. The van der Waals surface area contributed by atoms with Crippen molar-refractivity contribution in [1.82, 2.24) is 9.55 Å². The van der Waals surface area contributed by atoms with Gasteiger partial charge in [-0.3, -0.25) is 4.79 Å². The maximum absolute atomic E-state index is 12.7. The Morgan fingerprint density at radius 2 is 1.90 bits per heavy atom. The molecule has 0 aliphatic rings. The van der Waals surface area contributed by atoms with Gasteiger partial charge in [0.1, 0.15) is 5.75 Å². The Bertz CT molecular complexity index is 1080. The average Bonchev–Trinajstić information content (AvgIpc) is 3.16. The number of carboxylic acids is 1. The van der Waals surface area contributed by atoms with Crippen LogP contribution < -0.4 is 4.74 Å². The van der Waals surface area contributed by atoms with E-state index in [1.807, 2.05) is 37.3 Å². The van der Waals surface area contributed by atoms with Crippen LogP contribution in [0.2, 0.25) is 0 Å². The van der Waals surface area contributed by atoms with E-state index in [0.29, 0.717) is 23.7 Å². The van der Waals surface area contributed by atoms with Gasteiger partial charge < -0.3 is 14.4 Å². The van der Waals surface area contributed by atoms with Crippen LogP contribution in [-0.2, 0) is 11.3 Å². The van der Waals surface area contributed by atoms with Crippen molar-refractivity contribution < 1.29 is 19.4 Å². The number of hydrogen-bond acceptors (Lipinski definition) is 4. The van der Waals surface area contributed by atoms with Gasteiger partial charge in [0.25, 0.3) is 0 Å². The number of aliphatic carboxylic acids is 1. The highest BCUT2D eigenvalue weighted by atomic mass is 16.5. The highest BCUT2D eigenvalue weighted by molar-refractivity contribution is 6.06. The Morgan fingerprint density at radius 1 is 1.17 bits per heavy atom. The number of carbonyl (C=O) groups is 2. The van der Waals surface area contributed by atoms with Crippen molar-refractivity contribution in [2.24, 2.45) is 0 Å². The third kappa shape index (κ3) is 5.03. The standard InChI is InChI=1S/C24H24N2O4/c1-17-9-11-19(12-10-17)21(27)22-25-13-15-26(22)14-5-7-18-6-4-8-20(16-18)30-24(2,3)23(28)29/h4-13,15-16H,14H2,1-3H3,(H,28,29)/b7-5+. The molecule has 0 unspecified atom stereocenters. The molecule has 0 aliphatic heterocycles. The average molecular weight is 404 g/mol. The van der Waals surface area contributed by atoms with Crippen molar-refractivity contribution in [3.8, 4) is 5.75 Å². The molecule has 0 fully saturated rings. The van der Waals surface area contributed by atoms with Crippen molar-refractivity contribution in [1.29, 1.82) is 0 Å². The number of allylic oxidation sites excluding steroid dienone is 1. The van der Waals surface area contributed by atoms with Crippen LogP contribution in [-0.4, -0.2) is 32.0 Å².